The van der Waals surface area contributed by atoms with E-state index in [1.807, 2.05) is 37.3 Å². The zero-order chi connectivity index (χ0) is 16.7. The van der Waals surface area contributed by atoms with E-state index in [-0.39, 0.29) is 30.5 Å². The van der Waals surface area contributed by atoms with Crippen LogP contribution in [0, 0.1) is 0 Å². The average molecular weight is 470 g/mol. The number of guanidine groups is 1. The molecule has 4 nitrogen and oxygen atoms in total. The molecule has 1 heterocycles. The third-order valence-electron chi connectivity index (χ3n) is 2.86. The number of halogens is 4. The number of hydrogen-bond donors (Lipinski definition) is 2. The van der Waals surface area contributed by atoms with Crippen LogP contribution in [0.1, 0.15) is 23.2 Å². The van der Waals surface area contributed by atoms with E-state index in [1.54, 1.807) is 0 Å². The molecule has 0 unspecified atom stereocenters. The van der Waals surface area contributed by atoms with Crippen molar-refractivity contribution < 1.29 is 13.2 Å². The van der Waals surface area contributed by atoms with Gasteiger partial charge < -0.3 is 10.6 Å². The highest BCUT2D eigenvalue weighted by atomic mass is 127. The Morgan fingerprint density at radius 1 is 1.21 bits per heavy atom. The monoisotopic (exact) mass is 470 g/mol. The first-order valence-electron chi connectivity index (χ1n) is 7.06. The lowest BCUT2D eigenvalue weighted by molar-refractivity contribution is -0.140. The van der Waals surface area contributed by atoms with Crippen LogP contribution in [0.4, 0.5) is 13.2 Å². The third kappa shape index (κ3) is 6.63. The first-order valence-corrected chi connectivity index (χ1v) is 7.94. The first kappa shape index (κ1) is 20.7. The minimum Gasteiger partial charge on any atom is -0.357 e. The molecule has 0 fully saturated rings. The lowest BCUT2D eigenvalue weighted by Gasteiger charge is -2.10. The second-order valence-electron chi connectivity index (χ2n) is 4.66. The number of nitrogens with one attached hydrogen (secondary N) is 2. The van der Waals surface area contributed by atoms with E-state index >= 15 is 0 Å². The summed E-state index contributed by atoms with van der Waals surface area (Å²) >= 11 is 0.975. The molecule has 0 spiro atoms. The summed E-state index contributed by atoms with van der Waals surface area (Å²) < 4.78 is 37.6. The van der Waals surface area contributed by atoms with E-state index in [1.165, 1.54) is 0 Å². The van der Waals surface area contributed by atoms with E-state index < -0.39 is 11.9 Å². The smallest absolute Gasteiger partial charge is 0.357 e. The van der Waals surface area contributed by atoms with Gasteiger partial charge in [0.15, 0.2) is 11.7 Å². The number of aromatic nitrogens is 1. The molecule has 0 aliphatic carbocycles. The van der Waals surface area contributed by atoms with E-state index in [9.17, 15) is 13.2 Å². The van der Waals surface area contributed by atoms with E-state index in [0.717, 1.165) is 22.3 Å². The molecule has 1 aromatic heterocycles. The molecule has 0 aliphatic heterocycles. The summed E-state index contributed by atoms with van der Waals surface area (Å²) in [6.07, 6.45) is -4.40. The number of thiazole rings is 1. The Kier molecular flexibility index (Phi) is 8.46. The Morgan fingerprint density at radius 2 is 1.92 bits per heavy atom. The molecule has 0 bridgehead atoms. The molecular weight excluding hydrogens is 452 g/mol. The molecule has 0 atom stereocenters. The summed E-state index contributed by atoms with van der Waals surface area (Å²) in [5, 5.41) is 7.43. The summed E-state index contributed by atoms with van der Waals surface area (Å²) in [4.78, 5) is 7.98. The molecular formula is C15H18F3IN4S. The summed E-state index contributed by atoms with van der Waals surface area (Å²) in [6, 6.07) is 9.71. The Morgan fingerprint density at radius 3 is 2.50 bits per heavy atom. The largest absolute Gasteiger partial charge is 0.434 e. The summed E-state index contributed by atoms with van der Waals surface area (Å²) in [7, 11) is 0. The number of nitrogens with zero attached hydrogens (tertiary/aromatic N) is 2. The van der Waals surface area contributed by atoms with Gasteiger partial charge >= 0.3 is 6.18 Å². The van der Waals surface area contributed by atoms with Crippen LogP contribution in [0.5, 0.6) is 0 Å². The van der Waals surface area contributed by atoms with Crippen LogP contribution < -0.4 is 10.6 Å². The molecule has 1 aromatic carbocycles. The predicted octanol–water partition coefficient (Wildman–Crippen LogP) is 4.04. The summed E-state index contributed by atoms with van der Waals surface area (Å²) in [5.74, 6) is 0.542. The van der Waals surface area contributed by atoms with Crippen LogP contribution in [0.25, 0.3) is 0 Å². The van der Waals surface area contributed by atoms with Gasteiger partial charge in [-0.1, -0.05) is 30.3 Å². The van der Waals surface area contributed by atoms with Crippen LogP contribution in [-0.4, -0.2) is 17.5 Å². The van der Waals surface area contributed by atoms with Crippen LogP contribution >= 0.6 is 35.3 Å². The fourth-order valence-electron chi connectivity index (χ4n) is 1.78. The number of hydrogen-bond acceptors (Lipinski definition) is 3. The fraction of sp³-hybridized carbons (Fsp3) is 0.333. The third-order valence-corrected chi connectivity index (χ3v) is 3.70. The van der Waals surface area contributed by atoms with Gasteiger partial charge in [-0.15, -0.1) is 35.3 Å². The zero-order valence-electron chi connectivity index (χ0n) is 12.9. The Hall–Kier alpha value is -1.36. The number of aliphatic imine (C=N–C) groups is 1. The quantitative estimate of drug-likeness (QED) is 0.394. The SMILES string of the molecule is CCNC(=NCc1ccccc1)NCc1nc(C(F)(F)F)cs1.I. The molecule has 0 radical (unpaired) electrons. The van der Waals surface area contributed by atoms with Gasteiger partial charge in [0, 0.05) is 11.9 Å². The van der Waals surface area contributed by atoms with Crippen molar-refractivity contribution in [1.82, 2.24) is 15.6 Å². The van der Waals surface area contributed by atoms with E-state index in [0.29, 0.717) is 24.1 Å². The Labute approximate surface area is 159 Å². The van der Waals surface area contributed by atoms with Crippen molar-refractivity contribution in [2.75, 3.05) is 6.54 Å². The van der Waals surface area contributed by atoms with Crippen LogP contribution in [-0.2, 0) is 19.3 Å². The molecule has 0 aliphatic rings. The zero-order valence-corrected chi connectivity index (χ0v) is 16.1. The minimum atomic E-state index is -4.40. The molecule has 0 saturated heterocycles. The van der Waals surface area contributed by atoms with Gasteiger partial charge in [0.25, 0.3) is 0 Å². The van der Waals surface area contributed by atoms with Crippen molar-refractivity contribution in [3.63, 3.8) is 0 Å². The predicted molar refractivity (Wildman–Crippen MR) is 101 cm³/mol. The van der Waals surface area contributed by atoms with Crippen LogP contribution in [0.2, 0.25) is 0 Å². The average Bonchev–Trinajstić information content (AvgIpc) is 3.00. The Bertz CT molecular complexity index is 644. The van der Waals surface area contributed by atoms with Gasteiger partial charge in [-0.05, 0) is 12.5 Å². The highest BCUT2D eigenvalue weighted by Gasteiger charge is 2.33. The van der Waals surface area contributed by atoms with Crippen molar-refractivity contribution in [3.8, 4) is 0 Å². The maximum atomic E-state index is 12.5. The van der Waals surface area contributed by atoms with E-state index in [2.05, 4.69) is 20.6 Å². The number of rotatable bonds is 5. The van der Waals surface area contributed by atoms with Crippen LogP contribution in [0.3, 0.4) is 0 Å². The van der Waals surface area contributed by atoms with Crippen molar-refractivity contribution in [1.29, 1.82) is 0 Å². The van der Waals surface area contributed by atoms with Gasteiger partial charge in [0.2, 0.25) is 0 Å². The molecule has 2 rings (SSSR count). The molecule has 132 valence electrons. The summed E-state index contributed by atoms with van der Waals surface area (Å²) in [5.41, 5.74) is 0.198. The van der Waals surface area contributed by atoms with Gasteiger partial charge in [-0.2, -0.15) is 13.2 Å². The number of alkyl halides is 3. The standard InChI is InChI=1S/C15H17F3N4S.HI/c1-2-19-14(20-8-11-6-4-3-5-7-11)21-9-13-22-12(10-23-13)15(16,17)18;/h3-7,10H,2,8-9H2,1H3,(H2,19,20,21);1H. The van der Waals surface area contributed by atoms with Crippen LogP contribution in [0.15, 0.2) is 40.7 Å². The van der Waals surface area contributed by atoms with Gasteiger partial charge in [0.05, 0.1) is 13.1 Å². The molecule has 2 N–H and O–H groups in total. The maximum absolute atomic E-state index is 12.5. The lowest BCUT2D eigenvalue weighted by Crippen LogP contribution is -2.36. The van der Waals surface area contributed by atoms with Gasteiger partial charge in [-0.3, -0.25) is 0 Å². The molecule has 0 saturated carbocycles. The van der Waals surface area contributed by atoms with Gasteiger partial charge in [-0.25, -0.2) is 9.98 Å². The Balaban J connectivity index is 0.00000288. The van der Waals surface area contributed by atoms with Gasteiger partial charge in [0.1, 0.15) is 5.01 Å². The van der Waals surface area contributed by atoms with Crippen molar-refractivity contribution in [2.45, 2.75) is 26.2 Å². The molecule has 24 heavy (non-hydrogen) atoms. The second-order valence-corrected chi connectivity index (χ2v) is 5.60. The van der Waals surface area contributed by atoms with Crippen molar-refractivity contribution in [2.24, 2.45) is 4.99 Å². The first-order chi connectivity index (χ1) is 11.0. The highest BCUT2D eigenvalue weighted by Crippen LogP contribution is 2.29. The van der Waals surface area contributed by atoms with Crippen molar-refractivity contribution >= 4 is 41.3 Å². The second kappa shape index (κ2) is 9.82. The number of benzene rings is 1. The highest BCUT2D eigenvalue weighted by molar-refractivity contribution is 14.0. The summed E-state index contributed by atoms with van der Waals surface area (Å²) in [6.45, 7) is 3.26. The molecule has 9 heteroatoms. The van der Waals surface area contributed by atoms with E-state index in [4.69, 9.17) is 0 Å². The molecule has 0 amide bonds. The fourth-order valence-corrected chi connectivity index (χ4v) is 2.52. The topological polar surface area (TPSA) is 49.3 Å². The van der Waals surface area contributed by atoms with Crippen molar-refractivity contribution in [3.05, 3.63) is 52.0 Å². The molecule has 2 aromatic rings. The maximum Gasteiger partial charge on any atom is 0.434 e. The lowest BCUT2D eigenvalue weighted by atomic mass is 10.2. The normalized spacial score (nSPS) is 11.8. The minimum absolute atomic E-state index is 0.